The zero-order valence-electron chi connectivity index (χ0n) is 9.03. The minimum absolute atomic E-state index is 0.0109. The Kier molecular flexibility index (Phi) is 8.44. The van der Waals surface area contributed by atoms with E-state index in [1.807, 2.05) is 0 Å². The topological polar surface area (TPSA) is 52.6 Å². The molecule has 0 heterocycles. The van der Waals surface area contributed by atoms with Gasteiger partial charge < -0.3 is 9.47 Å². The monoisotopic (exact) mass is 222 g/mol. The number of hydrogen-bond acceptors (Lipinski definition) is 4. The summed E-state index contributed by atoms with van der Waals surface area (Å²) in [6, 6.07) is 0. The van der Waals surface area contributed by atoms with Crippen LogP contribution in [-0.2, 0) is 19.1 Å². The number of terminal acetylenes is 2. The number of rotatable bonds is 7. The molecule has 0 rings (SSSR count). The fourth-order valence-corrected chi connectivity index (χ4v) is 0.927. The second-order valence-corrected chi connectivity index (χ2v) is 2.94. The molecule has 0 atom stereocenters. The molecule has 16 heavy (non-hydrogen) atoms. The van der Waals surface area contributed by atoms with Crippen LogP contribution in [0.3, 0.4) is 0 Å². The van der Waals surface area contributed by atoms with Crippen LogP contribution in [0.25, 0.3) is 0 Å². The van der Waals surface area contributed by atoms with Crippen molar-refractivity contribution in [2.75, 3.05) is 13.2 Å². The third kappa shape index (κ3) is 8.65. The van der Waals surface area contributed by atoms with Gasteiger partial charge in [-0.2, -0.15) is 0 Å². The maximum Gasteiger partial charge on any atom is 0.306 e. The minimum atomic E-state index is -0.352. The maximum absolute atomic E-state index is 11.0. The first-order valence-corrected chi connectivity index (χ1v) is 4.89. The van der Waals surface area contributed by atoms with Crippen LogP contribution < -0.4 is 0 Å². The quantitative estimate of drug-likeness (QED) is 0.365. The highest BCUT2D eigenvalue weighted by atomic mass is 16.5. The Bertz CT molecular complexity index is 274. The molecule has 0 amide bonds. The summed E-state index contributed by atoms with van der Waals surface area (Å²) in [5, 5.41) is 0. The first-order chi connectivity index (χ1) is 7.70. The van der Waals surface area contributed by atoms with E-state index >= 15 is 0 Å². The highest BCUT2D eigenvalue weighted by molar-refractivity contribution is 5.70. The Hall–Kier alpha value is -1.94. The smallest absolute Gasteiger partial charge is 0.306 e. The van der Waals surface area contributed by atoms with Gasteiger partial charge in [-0.25, -0.2) is 0 Å². The van der Waals surface area contributed by atoms with Crippen molar-refractivity contribution >= 4 is 11.9 Å². The van der Waals surface area contributed by atoms with Crippen LogP contribution in [0.2, 0.25) is 0 Å². The number of ether oxygens (including phenoxy) is 2. The van der Waals surface area contributed by atoms with E-state index in [1.165, 1.54) is 0 Å². The average Bonchev–Trinajstić information content (AvgIpc) is 2.29. The molecule has 0 aliphatic rings. The van der Waals surface area contributed by atoms with Gasteiger partial charge in [-0.15, -0.1) is 12.8 Å². The zero-order valence-corrected chi connectivity index (χ0v) is 9.03. The van der Waals surface area contributed by atoms with Gasteiger partial charge in [0.05, 0.1) is 0 Å². The molecule has 0 spiro atoms. The Morgan fingerprint density at radius 3 is 1.56 bits per heavy atom. The van der Waals surface area contributed by atoms with Gasteiger partial charge in [-0.1, -0.05) is 11.8 Å². The van der Waals surface area contributed by atoms with Gasteiger partial charge in [-0.3, -0.25) is 9.59 Å². The summed E-state index contributed by atoms with van der Waals surface area (Å²) in [5.41, 5.74) is 0. The zero-order chi connectivity index (χ0) is 12.2. The van der Waals surface area contributed by atoms with E-state index in [2.05, 4.69) is 21.3 Å². The van der Waals surface area contributed by atoms with Crippen molar-refractivity contribution in [3.05, 3.63) is 0 Å². The lowest BCUT2D eigenvalue weighted by Crippen LogP contribution is -2.06. The van der Waals surface area contributed by atoms with E-state index < -0.39 is 0 Å². The van der Waals surface area contributed by atoms with Gasteiger partial charge in [0.15, 0.2) is 13.2 Å². The van der Waals surface area contributed by atoms with E-state index in [0.29, 0.717) is 12.8 Å². The van der Waals surface area contributed by atoms with Crippen molar-refractivity contribution in [1.82, 2.24) is 0 Å². The summed E-state index contributed by atoms with van der Waals surface area (Å²) in [4.78, 5) is 21.9. The molecule has 0 saturated heterocycles. The minimum Gasteiger partial charge on any atom is -0.452 e. The summed E-state index contributed by atoms with van der Waals surface area (Å²) >= 11 is 0. The molecule has 0 unspecified atom stereocenters. The van der Waals surface area contributed by atoms with Crippen molar-refractivity contribution in [2.24, 2.45) is 0 Å². The van der Waals surface area contributed by atoms with Crippen molar-refractivity contribution in [1.29, 1.82) is 0 Å². The normalized spacial score (nSPS) is 8.62. The van der Waals surface area contributed by atoms with E-state index in [9.17, 15) is 9.59 Å². The van der Waals surface area contributed by atoms with E-state index in [0.717, 1.165) is 0 Å². The highest BCUT2D eigenvalue weighted by Gasteiger charge is 2.04. The van der Waals surface area contributed by atoms with Gasteiger partial charge in [0.2, 0.25) is 0 Å². The number of hydrogen-bond donors (Lipinski definition) is 0. The molecule has 0 radical (unpaired) electrons. The van der Waals surface area contributed by atoms with Crippen LogP contribution >= 0.6 is 0 Å². The molecule has 0 fully saturated rings. The molecule has 0 aliphatic heterocycles. The summed E-state index contributed by atoms with van der Waals surface area (Å²) in [5.74, 6) is 3.69. The molecule has 0 aromatic carbocycles. The second kappa shape index (κ2) is 9.61. The summed E-state index contributed by atoms with van der Waals surface area (Å²) in [7, 11) is 0. The van der Waals surface area contributed by atoms with Crippen LogP contribution in [0.15, 0.2) is 0 Å². The van der Waals surface area contributed by atoms with Crippen LogP contribution in [0.5, 0.6) is 0 Å². The second-order valence-electron chi connectivity index (χ2n) is 2.94. The van der Waals surface area contributed by atoms with E-state index in [1.54, 1.807) is 0 Å². The van der Waals surface area contributed by atoms with Crippen LogP contribution in [-0.4, -0.2) is 25.2 Å². The molecule has 0 aliphatic carbocycles. The lowest BCUT2D eigenvalue weighted by Gasteiger charge is -2.01. The molecule has 0 aromatic rings. The van der Waals surface area contributed by atoms with Gasteiger partial charge in [-0.05, 0) is 12.8 Å². The van der Waals surface area contributed by atoms with E-state index in [4.69, 9.17) is 12.8 Å². The first kappa shape index (κ1) is 14.1. The predicted octanol–water partition coefficient (Wildman–Crippen LogP) is 0.900. The lowest BCUT2D eigenvalue weighted by atomic mass is 10.2. The molecule has 4 nitrogen and oxygen atoms in total. The standard InChI is InChI=1S/C12H14O4/c1-3-9-15-11(13)7-5-6-8-12(14)16-10-4-2/h1-2H,5-10H2. The maximum atomic E-state index is 11.0. The van der Waals surface area contributed by atoms with Gasteiger partial charge in [0, 0.05) is 12.8 Å². The van der Waals surface area contributed by atoms with Crippen LogP contribution in [0.1, 0.15) is 25.7 Å². The SMILES string of the molecule is C#CCOC(=O)CCCCC(=O)OCC#C. The largest absolute Gasteiger partial charge is 0.452 e. The molecule has 0 aromatic heterocycles. The third-order valence-electron chi connectivity index (χ3n) is 1.64. The average molecular weight is 222 g/mol. The summed E-state index contributed by atoms with van der Waals surface area (Å²) < 4.78 is 9.29. The molecule has 0 N–H and O–H groups in total. The van der Waals surface area contributed by atoms with Crippen molar-refractivity contribution < 1.29 is 19.1 Å². The Morgan fingerprint density at radius 1 is 0.875 bits per heavy atom. The molecular weight excluding hydrogens is 208 g/mol. The number of carbonyl (C=O) groups excluding carboxylic acids is 2. The molecule has 0 saturated carbocycles. The molecule has 86 valence electrons. The lowest BCUT2D eigenvalue weighted by molar-refractivity contribution is -0.144. The molecule has 4 heteroatoms. The number of unbranched alkanes of at least 4 members (excludes halogenated alkanes) is 1. The first-order valence-electron chi connectivity index (χ1n) is 4.89. The van der Waals surface area contributed by atoms with Crippen molar-refractivity contribution in [3.63, 3.8) is 0 Å². The van der Waals surface area contributed by atoms with Gasteiger partial charge in [0.25, 0.3) is 0 Å². The van der Waals surface area contributed by atoms with Gasteiger partial charge in [0.1, 0.15) is 0 Å². The fraction of sp³-hybridized carbons (Fsp3) is 0.500. The number of carbonyl (C=O) groups is 2. The fourth-order valence-electron chi connectivity index (χ4n) is 0.927. The molecular formula is C12H14O4. The summed E-state index contributed by atoms with van der Waals surface area (Å²) in [6.07, 6.45) is 11.5. The predicted molar refractivity (Wildman–Crippen MR) is 58.1 cm³/mol. The highest BCUT2D eigenvalue weighted by Crippen LogP contribution is 2.02. The van der Waals surface area contributed by atoms with Gasteiger partial charge >= 0.3 is 11.9 Å². The van der Waals surface area contributed by atoms with Crippen LogP contribution in [0, 0.1) is 24.7 Å². The Labute approximate surface area is 95.3 Å². The number of esters is 2. The summed E-state index contributed by atoms with van der Waals surface area (Å²) in [6.45, 7) is -0.0217. The Balaban J connectivity index is 3.40. The van der Waals surface area contributed by atoms with Crippen molar-refractivity contribution in [3.8, 4) is 24.7 Å². The van der Waals surface area contributed by atoms with Crippen LogP contribution in [0.4, 0.5) is 0 Å². The third-order valence-corrected chi connectivity index (χ3v) is 1.64. The molecule has 0 bridgehead atoms. The Morgan fingerprint density at radius 2 is 1.25 bits per heavy atom. The van der Waals surface area contributed by atoms with Crippen molar-refractivity contribution in [2.45, 2.75) is 25.7 Å². The van der Waals surface area contributed by atoms with E-state index in [-0.39, 0.29) is 38.0 Å².